The molecular weight excluding hydrogens is 474 g/mol. The van der Waals surface area contributed by atoms with Gasteiger partial charge in [-0.2, -0.15) is 0 Å². The summed E-state index contributed by atoms with van der Waals surface area (Å²) in [6.07, 6.45) is 0. The summed E-state index contributed by atoms with van der Waals surface area (Å²) in [4.78, 5) is 27.9. The number of hydrogen-bond donors (Lipinski definition) is 2. The predicted octanol–water partition coefficient (Wildman–Crippen LogP) is 4.70. The summed E-state index contributed by atoms with van der Waals surface area (Å²) in [5.41, 5.74) is 0.710. The lowest BCUT2D eigenvalue weighted by Gasteiger charge is -2.26. The maximum Gasteiger partial charge on any atom is 0.300 e. The van der Waals surface area contributed by atoms with Gasteiger partial charge in [0.1, 0.15) is 28.8 Å². The zero-order valence-electron chi connectivity index (χ0n) is 19.1. The Bertz CT molecular complexity index is 1350. The third-order valence-corrected chi connectivity index (χ3v) is 5.99. The number of methoxy groups -OCH3 is 3. The van der Waals surface area contributed by atoms with E-state index in [0.29, 0.717) is 17.0 Å². The molecule has 1 atom stereocenters. The van der Waals surface area contributed by atoms with Gasteiger partial charge in [-0.3, -0.25) is 14.5 Å². The number of carbonyl (C=O) groups excluding carboxylic acids is 2. The average Bonchev–Trinajstić information content (AvgIpc) is 3.13. The Hall–Kier alpha value is -4.17. The van der Waals surface area contributed by atoms with Gasteiger partial charge in [-0.05, 0) is 35.9 Å². The van der Waals surface area contributed by atoms with Crippen LogP contribution < -0.4 is 19.1 Å². The molecule has 180 valence electrons. The number of benzene rings is 3. The van der Waals surface area contributed by atoms with E-state index >= 15 is 0 Å². The Morgan fingerprint density at radius 1 is 0.914 bits per heavy atom. The van der Waals surface area contributed by atoms with E-state index in [9.17, 15) is 19.8 Å². The van der Waals surface area contributed by atoms with Crippen molar-refractivity contribution in [1.82, 2.24) is 0 Å². The number of rotatable bonds is 6. The Balaban J connectivity index is 2.01. The van der Waals surface area contributed by atoms with Gasteiger partial charge < -0.3 is 24.4 Å². The number of phenols is 1. The van der Waals surface area contributed by atoms with Crippen LogP contribution in [0.1, 0.15) is 17.2 Å². The maximum absolute atomic E-state index is 13.3. The van der Waals surface area contributed by atoms with Gasteiger partial charge in [-0.1, -0.05) is 29.8 Å². The van der Waals surface area contributed by atoms with Gasteiger partial charge in [0.15, 0.2) is 0 Å². The molecule has 35 heavy (non-hydrogen) atoms. The molecule has 1 saturated heterocycles. The standard InChI is InChI=1S/C26H22ClNO7/c1-33-17-9-5-7-15(11-17)28-23(14-6-4-8-16(29)10-14)22(25(31)26(28)32)24(30)18-12-21(35-3)19(27)13-20(18)34-2/h4-13,23,29-30H,1-3H3/b24-22+. The number of carbonyl (C=O) groups is 2. The van der Waals surface area contributed by atoms with Gasteiger partial charge in [0.25, 0.3) is 11.7 Å². The van der Waals surface area contributed by atoms with Crippen LogP contribution in [0.2, 0.25) is 5.02 Å². The number of amides is 1. The number of phenolic OH excluding ortho intramolecular Hbond substituents is 1. The summed E-state index contributed by atoms with van der Waals surface area (Å²) in [6, 6.07) is 14.6. The van der Waals surface area contributed by atoms with Crippen LogP contribution in [0.3, 0.4) is 0 Å². The quantitative estimate of drug-likeness (QED) is 0.290. The van der Waals surface area contributed by atoms with Crippen molar-refractivity contribution in [3.8, 4) is 23.0 Å². The zero-order chi connectivity index (χ0) is 25.3. The van der Waals surface area contributed by atoms with Crippen LogP contribution in [-0.2, 0) is 9.59 Å². The van der Waals surface area contributed by atoms with Crippen molar-refractivity contribution >= 4 is 34.7 Å². The smallest absolute Gasteiger partial charge is 0.300 e. The first-order valence-electron chi connectivity index (χ1n) is 10.5. The molecule has 1 aliphatic rings. The molecule has 0 saturated carbocycles. The fourth-order valence-electron chi connectivity index (χ4n) is 4.06. The number of halogens is 1. The van der Waals surface area contributed by atoms with E-state index in [2.05, 4.69) is 0 Å². The molecular formula is C26H22ClNO7. The summed E-state index contributed by atoms with van der Waals surface area (Å²) >= 11 is 6.20. The van der Waals surface area contributed by atoms with Gasteiger partial charge in [-0.25, -0.2) is 0 Å². The van der Waals surface area contributed by atoms with Gasteiger partial charge in [0.2, 0.25) is 0 Å². The molecule has 0 aliphatic carbocycles. The van der Waals surface area contributed by atoms with Gasteiger partial charge in [0.05, 0.1) is 43.5 Å². The van der Waals surface area contributed by atoms with E-state index in [1.807, 2.05) is 0 Å². The summed E-state index contributed by atoms with van der Waals surface area (Å²) in [5.74, 6) is -1.41. The number of ether oxygens (including phenoxy) is 3. The molecule has 1 unspecified atom stereocenters. The molecule has 0 bridgehead atoms. The van der Waals surface area contributed by atoms with E-state index in [0.717, 1.165) is 0 Å². The first-order valence-corrected chi connectivity index (χ1v) is 10.8. The third kappa shape index (κ3) is 4.24. The molecule has 8 nitrogen and oxygen atoms in total. The molecule has 0 spiro atoms. The molecule has 9 heteroatoms. The number of aromatic hydroxyl groups is 1. The summed E-state index contributed by atoms with van der Waals surface area (Å²) in [6.45, 7) is 0. The van der Waals surface area contributed by atoms with Crippen LogP contribution >= 0.6 is 11.6 Å². The fraction of sp³-hybridized carbons (Fsp3) is 0.154. The number of aliphatic hydroxyl groups is 1. The van der Waals surface area contributed by atoms with Crippen molar-refractivity contribution in [3.63, 3.8) is 0 Å². The Kier molecular flexibility index (Phi) is 6.57. The minimum Gasteiger partial charge on any atom is -0.508 e. The monoisotopic (exact) mass is 495 g/mol. The second kappa shape index (κ2) is 9.60. The third-order valence-electron chi connectivity index (χ3n) is 5.69. The highest BCUT2D eigenvalue weighted by atomic mass is 35.5. The van der Waals surface area contributed by atoms with Crippen molar-refractivity contribution in [2.75, 3.05) is 26.2 Å². The number of hydrogen-bond acceptors (Lipinski definition) is 7. The first-order chi connectivity index (χ1) is 16.8. The van der Waals surface area contributed by atoms with Crippen LogP contribution in [0.15, 0.2) is 66.2 Å². The van der Waals surface area contributed by atoms with E-state index < -0.39 is 23.5 Å². The molecule has 1 heterocycles. The number of anilines is 1. The van der Waals surface area contributed by atoms with Crippen LogP contribution in [0.5, 0.6) is 23.0 Å². The molecule has 1 fully saturated rings. The molecule has 1 amide bonds. The minimum absolute atomic E-state index is 0.0653. The van der Waals surface area contributed by atoms with Gasteiger partial charge in [0, 0.05) is 17.8 Å². The Labute approximate surface area is 206 Å². The first kappa shape index (κ1) is 24.0. The number of aliphatic hydroxyl groups excluding tert-OH is 1. The fourth-order valence-corrected chi connectivity index (χ4v) is 4.29. The van der Waals surface area contributed by atoms with E-state index in [-0.39, 0.29) is 33.4 Å². The van der Waals surface area contributed by atoms with Gasteiger partial charge >= 0.3 is 0 Å². The average molecular weight is 496 g/mol. The molecule has 0 aromatic heterocycles. The van der Waals surface area contributed by atoms with Gasteiger partial charge in [-0.15, -0.1) is 0 Å². The van der Waals surface area contributed by atoms with Crippen LogP contribution in [0.4, 0.5) is 5.69 Å². The lowest BCUT2D eigenvalue weighted by Crippen LogP contribution is -2.29. The predicted molar refractivity (Wildman–Crippen MR) is 130 cm³/mol. The van der Waals surface area contributed by atoms with Crippen molar-refractivity contribution < 1.29 is 34.0 Å². The molecule has 3 aromatic carbocycles. The summed E-state index contributed by atoms with van der Waals surface area (Å²) in [7, 11) is 4.28. The van der Waals surface area contributed by atoms with Crippen LogP contribution in [-0.4, -0.2) is 43.2 Å². The Morgan fingerprint density at radius 3 is 2.29 bits per heavy atom. The van der Waals surface area contributed by atoms with Crippen molar-refractivity contribution in [1.29, 1.82) is 0 Å². The van der Waals surface area contributed by atoms with Crippen molar-refractivity contribution in [3.05, 3.63) is 82.4 Å². The van der Waals surface area contributed by atoms with E-state index in [1.54, 1.807) is 36.4 Å². The zero-order valence-corrected chi connectivity index (χ0v) is 19.9. The van der Waals surface area contributed by atoms with Crippen LogP contribution in [0.25, 0.3) is 5.76 Å². The minimum atomic E-state index is -1.06. The van der Waals surface area contributed by atoms with E-state index in [1.165, 1.54) is 50.5 Å². The highest BCUT2D eigenvalue weighted by molar-refractivity contribution is 6.51. The Morgan fingerprint density at radius 2 is 1.63 bits per heavy atom. The summed E-state index contributed by atoms with van der Waals surface area (Å²) in [5, 5.41) is 21.8. The largest absolute Gasteiger partial charge is 0.508 e. The molecule has 1 aliphatic heterocycles. The lowest BCUT2D eigenvalue weighted by molar-refractivity contribution is -0.132. The molecule has 4 rings (SSSR count). The van der Waals surface area contributed by atoms with Crippen molar-refractivity contribution in [2.45, 2.75) is 6.04 Å². The summed E-state index contributed by atoms with van der Waals surface area (Å²) < 4.78 is 15.9. The highest BCUT2D eigenvalue weighted by Gasteiger charge is 2.47. The highest BCUT2D eigenvalue weighted by Crippen LogP contribution is 2.45. The van der Waals surface area contributed by atoms with E-state index in [4.69, 9.17) is 25.8 Å². The topological polar surface area (TPSA) is 106 Å². The van der Waals surface area contributed by atoms with Crippen LogP contribution in [0, 0.1) is 0 Å². The molecule has 0 radical (unpaired) electrons. The number of nitrogens with zero attached hydrogens (tertiary/aromatic N) is 1. The number of Topliss-reactive ketones (excluding diaryl/α,β-unsaturated/α-hetero) is 1. The molecule has 2 N–H and O–H groups in total. The normalized spacial score (nSPS) is 16.9. The second-order valence-electron chi connectivity index (χ2n) is 7.65. The van der Waals surface area contributed by atoms with Crippen molar-refractivity contribution in [2.24, 2.45) is 0 Å². The molecule has 3 aromatic rings. The SMILES string of the molecule is COc1cccc(N2C(=O)C(=O)/C(=C(/O)c3cc(OC)c(Cl)cc3OC)C2c2cccc(O)c2)c1. The second-order valence-corrected chi connectivity index (χ2v) is 8.06. The number of ketones is 1. The lowest BCUT2D eigenvalue weighted by atomic mass is 9.94. The maximum atomic E-state index is 13.3.